The number of quaternary nitrogens is 1. The Morgan fingerprint density at radius 3 is 1.15 bits per heavy atom. The van der Waals surface area contributed by atoms with Gasteiger partial charge in [-0.15, -0.1) is 0 Å². The van der Waals surface area contributed by atoms with Gasteiger partial charge < -0.3 is 27.9 Å². The van der Waals surface area contributed by atoms with Gasteiger partial charge in [-0.1, -0.05) is 232 Å². The number of carbonyl (C=O) groups excluding carboxylic acids is 2. The van der Waals surface area contributed by atoms with Crippen LogP contribution in [0.15, 0.2) is 109 Å². The third kappa shape index (κ3) is 59.8. The van der Waals surface area contributed by atoms with Gasteiger partial charge >= 0.3 is 11.9 Å². The van der Waals surface area contributed by atoms with Crippen LogP contribution in [0.5, 0.6) is 0 Å². The summed E-state index contributed by atoms with van der Waals surface area (Å²) in [4.78, 5) is 37.8. The van der Waals surface area contributed by atoms with E-state index in [0.717, 1.165) is 109 Å². The number of ether oxygens (including phenoxy) is 2. The average Bonchev–Trinajstić information content (AvgIpc) is 3.37. The minimum Gasteiger partial charge on any atom is -0.756 e. The third-order valence-corrected chi connectivity index (χ3v) is 13.5. The Morgan fingerprint density at radius 1 is 0.427 bits per heavy atom. The first-order valence-electron chi connectivity index (χ1n) is 30.1. The van der Waals surface area contributed by atoms with E-state index in [9.17, 15) is 19.0 Å². The molecular formula is C65H112NO8P. The molecular weight excluding hydrogens is 954 g/mol. The number of nitrogens with zero attached hydrogens (tertiary/aromatic N) is 1. The van der Waals surface area contributed by atoms with E-state index in [1.54, 1.807) is 0 Å². The number of unbranched alkanes of at least 4 members (excludes halogenated alkanes) is 22. The molecule has 2 unspecified atom stereocenters. The number of likely N-dealkylation sites (N-methyl/N-ethyl adjacent to an activating group) is 1. The molecule has 2 atom stereocenters. The summed E-state index contributed by atoms with van der Waals surface area (Å²) in [5, 5.41) is 0. The molecule has 75 heavy (non-hydrogen) atoms. The van der Waals surface area contributed by atoms with Crippen molar-refractivity contribution in [1.29, 1.82) is 0 Å². The van der Waals surface area contributed by atoms with Crippen molar-refractivity contribution in [3.63, 3.8) is 0 Å². The lowest BCUT2D eigenvalue weighted by atomic mass is 10.0. The Kier molecular flexibility index (Phi) is 53.0. The van der Waals surface area contributed by atoms with Gasteiger partial charge in [-0.05, 0) is 103 Å². The number of esters is 2. The Bertz CT molecular complexity index is 1630. The highest BCUT2D eigenvalue weighted by Gasteiger charge is 2.22. The van der Waals surface area contributed by atoms with Crippen molar-refractivity contribution in [2.75, 3.05) is 47.5 Å². The maximum atomic E-state index is 12.8. The maximum Gasteiger partial charge on any atom is 0.306 e. The van der Waals surface area contributed by atoms with Crippen molar-refractivity contribution in [1.82, 2.24) is 0 Å². The Labute approximate surface area is 461 Å². The first-order chi connectivity index (χ1) is 36.5. The van der Waals surface area contributed by atoms with Crippen LogP contribution in [0.1, 0.15) is 239 Å². The SMILES string of the molecule is CC/C=C\C/C=C\C/C=C\C/C=C\C/C=C\C/C=C\C/C=C\C/C=C\CCCCCCCCCCCCCCC(=O)OC(COC(=O)CCCCCCC/C=C\CCCCCCC)COP(=O)([O-])OCC[N+](C)(C)C. The molecule has 10 heteroatoms. The quantitative estimate of drug-likeness (QED) is 0.0195. The molecule has 0 aromatic heterocycles. The molecule has 0 saturated heterocycles. The number of phosphoric ester groups is 1. The molecule has 0 bridgehead atoms. The topological polar surface area (TPSA) is 111 Å². The summed E-state index contributed by atoms with van der Waals surface area (Å²) in [6.07, 6.45) is 77.2. The van der Waals surface area contributed by atoms with E-state index in [-0.39, 0.29) is 26.1 Å². The molecule has 430 valence electrons. The standard InChI is InChI=1S/C65H112NO8P/c1-6-8-10-12-14-16-18-20-22-23-24-25-26-27-28-29-30-31-32-33-34-35-36-37-38-39-40-41-42-43-44-46-48-50-52-54-56-58-65(68)74-63(62-73-75(69,70)72-60-59-66(3,4)5)61-71-64(67)57-55-53-51-49-47-45-21-19-17-15-13-11-9-7-2/h8,10,14,16,19-22,24-25,27-28,30-31,33-34,36-37,63H,6-7,9,11-13,15,17-18,23,26,29,32,35,38-62H2,1-5H3/b10-8-,16-14-,21-19-,22-20-,25-24-,28-27-,31-30-,34-33-,37-36-. The summed E-state index contributed by atoms with van der Waals surface area (Å²) in [5.74, 6) is -0.848. The molecule has 0 N–H and O–H groups in total. The Hall–Kier alpha value is -3.33. The zero-order valence-electron chi connectivity index (χ0n) is 48.7. The molecule has 0 aliphatic rings. The van der Waals surface area contributed by atoms with Gasteiger partial charge in [-0.2, -0.15) is 0 Å². The van der Waals surface area contributed by atoms with E-state index in [0.29, 0.717) is 17.4 Å². The van der Waals surface area contributed by atoms with Gasteiger partial charge in [0.05, 0.1) is 27.7 Å². The fourth-order valence-electron chi connectivity index (χ4n) is 7.90. The van der Waals surface area contributed by atoms with Crippen LogP contribution >= 0.6 is 7.82 Å². The fourth-order valence-corrected chi connectivity index (χ4v) is 8.63. The second-order valence-electron chi connectivity index (χ2n) is 21.0. The third-order valence-electron chi connectivity index (χ3n) is 12.5. The average molecular weight is 1070 g/mol. The number of phosphoric acid groups is 1. The molecule has 0 rings (SSSR count). The van der Waals surface area contributed by atoms with E-state index < -0.39 is 32.5 Å². The molecule has 0 aromatic carbocycles. The lowest BCUT2D eigenvalue weighted by molar-refractivity contribution is -0.870. The number of hydrogen-bond donors (Lipinski definition) is 0. The zero-order valence-corrected chi connectivity index (χ0v) is 49.6. The van der Waals surface area contributed by atoms with Gasteiger partial charge in [0, 0.05) is 12.8 Å². The van der Waals surface area contributed by atoms with Crippen LogP contribution in [0.25, 0.3) is 0 Å². The minimum atomic E-state index is -4.64. The molecule has 0 aliphatic heterocycles. The van der Waals surface area contributed by atoms with Crippen molar-refractivity contribution in [2.45, 2.75) is 245 Å². The first-order valence-corrected chi connectivity index (χ1v) is 31.6. The maximum absolute atomic E-state index is 12.8. The fraction of sp³-hybridized carbons (Fsp3) is 0.692. The Balaban J connectivity index is 4.08. The van der Waals surface area contributed by atoms with Crippen LogP contribution in [0.4, 0.5) is 0 Å². The lowest BCUT2D eigenvalue weighted by Gasteiger charge is -2.28. The molecule has 0 saturated carbocycles. The predicted molar refractivity (Wildman–Crippen MR) is 318 cm³/mol. The monoisotopic (exact) mass is 1070 g/mol. The van der Waals surface area contributed by atoms with Crippen molar-refractivity contribution in [2.24, 2.45) is 0 Å². The van der Waals surface area contributed by atoms with E-state index >= 15 is 0 Å². The van der Waals surface area contributed by atoms with Crippen molar-refractivity contribution < 1.29 is 42.1 Å². The van der Waals surface area contributed by atoms with E-state index in [4.69, 9.17) is 18.5 Å². The summed E-state index contributed by atoms with van der Waals surface area (Å²) < 4.78 is 34.1. The van der Waals surface area contributed by atoms with Crippen LogP contribution in [-0.4, -0.2) is 70.0 Å². The van der Waals surface area contributed by atoms with Gasteiger partial charge in [-0.3, -0.25) is 14.2 Å². The van der Waals surface area contributed by atoms with E-state index in [1.165, 1.54) is 96.3 Å². The smallest absolute Gasteiger partial charge is 0.306 e. The second kappa shape index (κ2) is 55.4. The Morgan fingerprint density at radius 2 is 0.760 bits per heavy atom. The lowest BCUT2D eigenvalue weighted by Crippen LogP contribution is -2.37. The van der Waals surface area contributed by atoms with Gasteiger partial charge in [0.15, 0.2) is 6.10 Å². The van der Waals surface area contributed by atoms with Crippen molar-refractivity contribution >= 4 is 19.8 Å². The summed E-state index contributed by atoms with van der Waals surface area (Å²) in [6.45, 7) is 4.10. The van der Waals surface area contributed by atoms with Gasteiger partial charge in [0.1, 0.15) is 19.8 Å². The molecule has 0 fully saturated rings. The summed E-state index contributed by atoms with van der Waals surface area (Å²) in [6, 6.07) is 0. The predicted octanol–water partition coefficient (Wildman–Crippen LogP) is 18.3. The molecule has 0 aliphatic carbocycles. The minimum absolute atomic E-state index is 0.0363. The van der Waals surface area contributed by atoms with E-state index in [2.05, 4.69) is 123 Å². The highest BCUT2D eigenvalue weighted by molar-refractivity contribution is 7.45. The van der Waals surface area contributed by atoms with E-state index in [1.807, 2.05) is 21.1 Å². The molecule has 0 heterocycles. The molecule has 9 nitrogen and oxygen atoms in total. The number of rotatable bonds is 54. The van der Waals surface area contributed by atoms with Crippen LogP contribution in [0, 0.1) is 0 Å². The normalized spacial score (nSPS) is 14.1. The molecule has 0 amide bonds. The molecule has 0 spiro atoms. The number of allylic oxidation sites excluding steroid dienone is 18. The van der Waals surface area contributed by atoms with Crippen LogP contribution in [0.3, 0.4) is 0 Å². The number of hydrogen-bond acceptors (Lipinski definition) is 8. The highest BCUT2D eigenvalue weighted by atomic mass is 31.2. The van der Waals surface area contributed by atoms with Crippen LogP contribution < -0.4 is 4.89 Å². The van der Waals surface area contributed by atoms with Crippen molar-refractivity contribution in [3.8, 4) is 0 Å². The summed E-state index contributed by atoms with van der Waals surface area (Å²) >= 11 is 0. The first kappa shape index (κ1) is 71.7. The molecule has 0 aromatic rings. The van der Waals surface area contributed by atoms with Crippen molar-refractivity contribution in [3.05, 3.63) is 109 Å². The van der Waals surface area contributed by atoms with Crippen LogP contribution in [-0.2, 0) is 32.7 Å². The highest BCUT2D eigenvalue weighted by Crippen LogP contribution is 2.38. The second-order valence-corrected chi connectivity index (χ2v) is 22.4. The summed E-state index contributed by atoms with van der Waals surface area (Å²) in [5.41, 5.74) is 0. The zero-order chi connectivity index (χ0) is 54.9. The summed E-state index contributed by atoms with van der Waals surface area (Å²) in [7, 11) is 1.15. The van der Waals surface area contributed by atoms with Gasteiger partial charge in [0.2, 0.25) is 0 Å². The van der Waals surface area contributed by atoms with Crippen LogP contribution in [0.2, 0.25) is 0 Å². The largest absolute Gasteiger partial charge is 0.756 e. The van der Waals surface area contributed by atoms with Gasteiger partial charge in [0.25, 0.3) is 7.82 Å². The number of carbonyl (C=O) groups is 2. The van der Waals surface area contributed by atoms with Gasteiger partial charge in [-0.25, -0.2) is 0 Å². The molecule has 0 radical (unpaired) electrons.